The van der Waals surface area contributed by atoms with Gasteiger partial charge in [-0.2, -0.15) is 5.10 Å². The zero-order valence-electron chi connectivity index (χ0n) is 9.21. The lowest BCUT2D eigenvalue weighted by Crippen LogP contribution is -2.12. The van der Waals surface area contributed by atoms with Gasteiger partial charge >= 0.3 is 0 Å². The van der Waals surface area contributed by atoms with Crippen molar-refractivity contribution in [3.63, 3.8) is 0 Å². The summed E-state index contributed by atoms with van der Waals surface area (Å²) in [5, 5.41) is 12.0. The Morgan fingerprint density at radius 3 is 2.88 bits per heavy atom. The Balaban J connectivity index is 2.17. The quantitative estimate of drug-likeness (QED) is 0.755. The Hall–Kier alpha value is -1.43. The van der Waals surface area contributed by atoms with Gasteiger partial charge < -0.3 is 0 Å². The van der Waals surface area contributed by atoms with Crippen LogP contribution in [0.5, 0.6) is 0 Å². The van der Waals surface area contributed by atoms with Crippen molar-refractivity contribution in [1.82, 2.24) is 29.8 Å². The van der Waals surface area contributed by atoms with Gasteiger partial charge in [0.2, 0.25) is 0 Å². The van der Waals surface area contributed by atoms with E-state index in [0.29, 0.717) is 12.4 Å². The van der Waals surface area contributed by atoms with Gasteiger partial charge in [0, 0.05) is 6.04 Å². The minimum absolute atomic E-state index is 0.286. The molecule has 0 saturated heterocycles. The Morgan fingerprint density at radius 2 is 2.25 bits per heavy atom. The molecule has 16 heavy (non-hydrogen) atoms. The first kappa shape index (κ1) is 11.1. The molecular weight excluding hydrogens is 228 g/mol. The van der Waals surface area contributed by atoms with Gasteiger partial charge in [-0.3, -0.25) is 0 Å². The van der Waals surface area contributed by atoms with Gasteiger partial charge in [0.05, 0.1) is 17.8 Å². The summed E-state index contributed by atoms with van der Waals surface area (Å²) in [6.45, 7) is 4.68. The predicted octanol–water partition coefficient (Wildman–Crippen LogP) is 1.24. The second-order valence-corrected chi connectivity index (χ2v) is 4.02. The summed E-state index contributed by atoms with van der Waals surface area (Å²) >= 11 is 5.65. The molecule has 0 amide bonds. The minimum Gasteiger partial charge on any atom is -0.246 e. The van der Waals surface area contributed by atoms with Crippen molar-refractivity contribution in [2.24, 2.45) is 0 Å². The summed E-state index contributed by atoms with van der Waals surface area (Å²) in [5.41, 5.74) is 0.761. The molecule has 0 bridgehead atoms. The SMILES string of the molecule is CC(C)n1ncnc1Cn1cc(CCl)nn1. The van der Waals surface area contributed by atoms with Crippen LogP contribution in [0.25, 0.3) is 0 Å². The zero-order valence-corrected chi connectivity index (χ0v) is 9.96. The lowest BCUT2D eigenvalue weighted by Gasteiger charge is -2.08. The predicted molar refractivity (Wildman–Crippen MR) is 59.1 cm³/mol. The number of nitrogens with zero attached hydrogens (tertiary/aromatic N) is 6. The van der Waals surface area contributed by atoms with Crippen molar-refractivity contribution >= 4 is 11.6 Å². The highest BCUT2D eigenvalue weighted by Gasteiger charge is 2.09. The van der Waals surface area contributed by atoms with Gasteiger partial charge in [-0.05, 0) is 13.8 Å². The van der Waals surface area contributed by atoms with Crippen molar-refractivity contribution < 1.29 is 0 Å². The Kier molecular flexibility index (Phi) is 3.19. The zero-order chi connectivity index (χ0) is 11.5. The molecule has 0 atom stereocenters. The van der Waals surface area contributed by atoms with Gasteiger partial charge in [-0.25, -0.2) is 14.3 Å². The first-order chi connectivity index (χ1) is 7.70. The molecule has 0 aliphatic heterocycles. The third kappa shape index (κ3) is 2.21. The van der Waals surface area contributed by atoms with Crippen molar-refractivity contribution in [3.05, 3.63) is 24.0 Å². The molecule has 0 fully saturated rings. The normalized spacial score (nSPS) is 11.2. The van der Waals surface area contributed by atoms with E-state index in [1.165, 1.54) is 0 Å². The van der Waals surface area contributed by atoms with Gasteiger partial charge in [-0.1, -0.05) is 5.21 Å². The second kappa shape index (κ2) is 4.61. The number of aromatic nitrogens is 6. The number of alkyl halides is 1. The molecule has 0 unspecified atom stereocenters. The first-order valence-electron chi connectivity index (χ1n) is 5.04. The lowest BCUT2D eigenvalue weighted by atomic mass is 10.4. The number of hydrogen-bond donors (Lipinski definition) is 0. The summed E-state index contributed by atoms with van der Waals surface area (Å²) in [7, 11) is 0. The largest absolute Gasteiger partial charge is 0.246 e. The van der Waals surface area contributed by atoms with Gasteiger partial charge in [0.15, 0.2) is 0 Å². The minimum atomic E-state index is 0.286. The smallest absolute Gasteiger partial charge is 0.148 e. The number of hydrogen-bond acceptors (Lipinski definition) is 4. The van der Waals surface area contributed by atoms with E-state index in [-0.39, 0.29) is 6.04 Å². The Bertz CT molecular complexity index is 460. The molecule has 2 aromatic rings. The van der Waals surface area contributed by atoms with Gasteiger partial charge in [0.1, 0.15) is 18.7 Å². The molecule has 0 aliphatic rings. The van der Waals surface area contributed by atoms with E-state index in [1.807, 2.05) is 10.9 Å². The molecule has 0 N–H and O–H groups in total. The van der Waals surface area contributed by atoms with E-state index in [4.69, 9.17) is 11.6 Å². The van der Waals surface area contributed by atoms with Crippen LogP contribution in [0, 0.1) is 0 Å². The van der Waals surface area contributed by atoms with Crippen LogP contribution >= 0.6 is 11.6 Å². The van der Waals surface area contributed by atoms with Gasteiger partial charge in [-0.15, -0.1) is 16.7 Å². The molecule has 2 rings (SSSR count). The van der Waals surface area contributed by atoms with Gasteiger partial charge in [0.25, 0.3) is 0 Å². The summed E-state index contributed by atoms with van der Waals surface area (Å²) in [6.07, 6.45) is 3.36. The molecule has 0 aromatic carbocycles. The van der Waals surface area contributed by atoms with E-state index in [0.717, 1.165) is 11.5 Å². The van der Waals surface area contributed by atoms with Crippen LogP contribution in [-0.2, 0) is 12.4 Å². The van der Waals surface area contributed by atoms with Crippen LogP contribution in [0.1, 0.15) is 31.4 Å². The van der Waals surface area contributed by atoms with E-state index in [2.05, 4.69) is 34.2 Å². The molecule has 2 aromatic heterocycles. The molecule has 0 spiro atoms. The van der Waals surface area contributed by atoms with Crippen LogP contribution in [0.15, 0.2) is 12.5 Å². The second-order valence-electron chi connectivity index (χ2n) is 3.76. The summed E-state index contributed by atoms with van der Waals surface area (Å²) in [5.74, 6) is 1.23. The maximum atomic E-state index is 5.65. The third-order valence-electron chi connectivity index (χ3n) is 2.16. The topological polar surface area (TPSA) is 61.4 Å². The fourth-order valence-electron chi connectivity index (χ4n) is 1.44. The van der Waals surface area contributed by atoms with Crippen LogP contribution < -0.4 is 0 Å². The molecule has 0 radical (unpaired) electrons. The van der Waals surface area contributed by atoms with Crippen LogP contribution in [0.3, 0.4) is 0 Å². The van der Waals surface area contributed by atoms with E-state index in [9.17, 15) is 0 Å². The fraction of sp³-hybridized carbons (Fsp3) is 0.556. The average molecular weight is 241 g/mol. The summed E-state index contributed by atoms with van der Waals surface area (Å²) in [4.78, 5) is 4.20. The average Bonchev–Trinajstić information content (AvgIpc) is 2.87. The molecule has 86 valence electrons. The van der Waals surface area contributed by atoms with Crippen LogP contribution in [0.2, 0.25) is 0 Å². The monoisotopic (exact) mass is 240 g/mol. The van der Waals surface area contributed by atoms with Crippen molar-refractivity contribution in [2.75, 3.05) is 0 Å². The van der Waals surface area contributed by atoms with Crippen molar-refractivity contribution in [2.45, 2.75) is 32.3 Å². The van der Waals surface area contributed by atoms with E-state index < -0.39 is 0 Å². The maximum Gasteiger partial charge on any atom is 0.148 e. The van der Waals surface area contributed by atoms with E-state index in [1.54, 1.807) is 11.0 Å². The highest BCUT2D eigenvalue weighted by Crippen LogP contribution is 2.07. The first-order valence-corrected chi connectivity index (χ1v) is 5.57. The molecular formula is C9H13ClN6. The van der Waals surface area contributed by atoms with Crippen molar-refractivity contribution in [1.29, 1.82) is 0 Å². The molecule has 0 saturated carbocycles. The highest BCUT2D eigenvalue weighted by atomic mass is 35.5. The highest BCUT2D eigenvalue weighted by molar-refractivity contribution is 6.16. The van der Waals surface area contributed by atoms with Crippen LogP contribution in [-0.4, -0.2) is 29.8 Å². The molecule has 0 aliphatic carbocycles. The lowest BCUT2D eigenvalue weighted by molar-refractivity contribution is 0.485. The molecule has 7 heteroatoms. The molecule has 6 nitrogen and oxygen atoms in total. The van der Waals surface area contributed by atoms with E-state index >= 15 is 0 Å². The Morgan fingerprint density at radius 1 is 1.44 bits per heavy atom. The maximum absolute atomic E-state index is 5.65. The molecule has 2 heterocycles. The summed E-state index contributed by atoms with van der Waals surface area (Å²) in [6, 6.07) is 0.286. The number of halogens is 1. The third-order valence-corrected chi connectivity index (χ3v) is 2.44. The van der Waals surface area contributed by atoms with Crippen LogP contribution in [0.4, 0.5) is 0 Å². The fourth-order valence-corrected chi connectivity index (χ4v) is 1.56. The number of rotatable bonds is 4. The summed E-state index contributed by atoms with van der Waals surface area (Å²) < 4.78 is 3.57. The van der Waals surface area contributed by atoms with Crippen molar-refractivity contribution in [3.8, 4) is 0 Å². The Labute approximate surface area is 98.2 Å². The standard InChI is InChI=1S/C9H13ClN6/c1-7(2)16-9(11-6-12-16)5-15-4-8(3-10)13-14-15/h4,6-7H,3,5H2,1-2H3.